The minimum absolute atomic E-state index is 0.00430. The number of halogens is 4. The molecule has 0 radical (unpaired) electrons. The molecule has 10 nitrogen and oxygen atoms in total. The Labute approximate surface area is 397 Å². The SMILES string of the molecule is CC(C)C1CN(CC[C@H](CSc2ccccc2)Nc2ccc(S(=O)(=O)NC(=O)c3ccc(N4CCN(CC5=C(c6ccc(Cl)cc6)CCC(C)(C)C5)CC4)cc3)cc2S(=O)(=O)C(F)(F)F)C1. The second kappa shape index (κ2) is 20.7. The molecule has 1 aliphatic carbocycles. The molecule has 3 aliphatic rings. The third kappa shape index (κ3) is 12.3. The number of likely N-dealkylation sites (tertiary alicyclic amines) is 1. The molecule has 4 aromatic rings. The van der Waals surface area contributed by atoms with E-state index in [4.69, 9.17) is 11.6 Å². The summed E-state index contributed by atoms with van der Waals surface area (Å²) >= 11 is 7.66. The molecule has 2 N–H and O–H groups in total. The van der Waals surface area contributed by atoms with Crippen LogP contribution < -0.4 is 14.9 Å². The van der Waals surface area contributed by atoms with Crippen LogP contribution in [-0.2, 0) is 19.9 Å². The van der Waals surface area contributed by atoms with Crippen LogP contribution in [-0.4, -0.2) is 102 Å². The average molecular weight is 987 g/mol. The van der Waals surface area contributed by atoms with E-state index in [-0.39, 0.29) is 16.7 Å². The fourth-order valence-corrected chi connectivity index (χ4v) is 12.0. The molecule has 1 atom stereocenters. The van der Waals surface area contributed by atoms with Gasteiger partial charge in [0.25, 0.3) is 25.8 Å². The van der Waals surface area contributed by atoms with Crippen LogP contribution in [0.5, 0.6) is 0 Å². The number of thioether (sulfide) groups is 1. The minimum Gasteiger partial charge on any atom is -0.380 e. The van der Waals surface area contributed by atoms with Crippen LogP contribution in [0.4, 0.5) is 24.5 Å². The number of sulfone groups is 1. The second-order valence-corrected chi connectivity index (χ2v) is 23.9. The van der Waals surface area contributed by atoms with Crippen molar-refractivity contribution in [2.75, 3.05) is 68.3 Å². The molecule has 0 bridgehead atoms. The average Bonchev–Trinajstić information content (AvgIpc) is 3.25. The first kappa shape index (κ1) is 49.8. The molecule has 2 saturated heterocycles. The van der Waals surface area contributed by atoms with Crippen LogP contribution in [0.25, 0.3) is 5.57 Å². The van der Waals surface area contributed by atoms with Gasteiger partial charge in [0.2, 0.25) is 0 Å². The number of rotatable bonds is 17. The van der Waals surface area contributed by atoms with Crippen molar-refractivity contribution in [3.63, 3.8) is 0 Å². The highest BCUT2D eigenvalue weighted by Crippen LogP contribution is 2.43. The fraction of sp³-hybridized carbons (Fsp3) is 0.449. The number of amides is 1. The van der Waals surface area contributed by atoms with Crippen LogP contribution in [0.2, 0.25) is 5.02 Å². The molecule has 1 amide bonds. The number of hydrogen-bond acceptors (Lipinski definition) is 10. The van der Waals surface area contributed by atoms with Gasteiger partial charge in [0.05, 0.1) is 10.6 Å². The maximum Gasteiger partial charge on any atom is 0.501 e. The van der Waals surface area contributed by atoms with Crippen molar-refractivity contribution in [2.24, 2.45) is 17.3 Å². The van der Waals surface area contributed by atoms with Crippen molar-refractivity contribution < 1.29 is 34.8 Å². The number of nitrogens with one attached hydrogen (secondary N) is 2. The number of nitrogens with zero attached hydrogens (tertiary/aromatic N) is 3. The number of benzene rings is 4. The van der Waals surface area contributed by atoms with Gasteiger partial charge in [-0.2, -0.15) is 13.2 Å². The van der Waals surface area contributed by atoms with Crippen LogP contribution in [0.3, 0.4) is 0 Å². The zero-order valence-electron chi connectivity index (χ0n) is 37.8. The van der Waals surface area contributed by atoms with E-state index in [9.17, 15) is 34.8 Å². The van der Waals surface area contributed by atoms with Crippen LogP contribution >= 0.6 is 23.4 Å². The van der Waals surface area contributed by atoms with Gasteiger partial charge >= 0.3 is 5.51 Å². The molecule has 0 saturated carbocycles. The highest BCUT2D eigenvalue weighted by Gasteiger charge is 2.48. The van der Waals surface area contributed by atoms with Crippen molar-refractivity contribution in [1.82, 2.24) is 14.5 Å². The van der Waals surface area contributed by atoms with Crippen molar-refractivity contribution in [3.05, 3.63) is 119 Å². The van der Waals surface area contributed by atoms with E-state index in [1.54, 1.807) is 12.1 Å². The third-order valence-electron chi connectivity index (χ3n) is 13.0. The lowest BCUT2D eigenvalue weighted by Gasteiger charge is -2.42. The Kier molecular flexibility index (Phi) is 15.6. The lowest BCUT2D eigenvalue weighted by atomic mass is 9.73. The smallest absolute Gasteiger partial charge is 0.380 e. The summed E-state index contributed by atoms with van der Waals surface area (Å²) in [5, 5.41) is 3.74. The first-order valence-corrected chi connectivity index (χ1v) is 26.7. The standard InChI is InChI=1S/C49H59ClF3N5O5S3/c1-34(2)38-31-57(32-38)23-21-40(33-64-42-8-6-5-7-9-42)54-45-19-18-43(28-46(45)65(60,61)49(51,52)53)66(62,63)55-47(59)36-12-16-41(17-13-36)58-26-24-56(25-27-58)30-37-29-48(3,4)22-20-44(37)35-10-14-39(50)15-11-35/h5-19,28,34,38,40,54H,20-27,29-33H2,1-4H3,(H,55,59)/t40-/m1/s1. The van der Waals surface area contributed by atoms with E-state index in [0.717, 1.165) is 87.8 Å². The molecule has 4 aromatic carbocycles. The van der Waals surface area contributed by atoms with Gasteiger partial charge in [0, 0.05) is 85.3 Å². The topological polar surface area (TPSA) is 119 Å². The van der Waals surface area contributed by atoms with Gasteiger partial charge in [-0.15, -0.1) is 11.8 Å². The molecule has 0 unspecified atom stereocenters. The second-order valence-electron chi connectivity index (χ2n) is 18.8. The number of allylic oxidation sites excluding steroid dienone is 1. The number of alkyl halides is 3. The van der Waals surface area contributed by atoms with Crippen molar-refractivity contribution in [3.8, 4) is 0 Å². The molecule has 7 rings (SSSR count). The van der Waals surface area contributed by atoms with Crippen molar-refractivity contribution >= 4 is 66.1 Å². The summed E-state index contributed by atoms with van der Waals surface area (Å²) in [6.45, 7) is 15.4. The summed E-state index contributed by atoms with van der Waals surface area (Å²) in [7, 11) is -10.9. The third-order valence-corrected chi connectivity index (χ3v) is 17.3. The molecule has 0 aromatic heterocycles. The summed E-state index contributed by atoms with van der Waals surface area (Å²) < 4.78 is 97.9. The van der Waals surface area contributed by atoms with Crippen LogP contribution in [0.1, 0.15) is 69.3 Å². The van der Waals surface area contributed by atoms with Gasteiger partial charge < -0.3 is 15.1 Å². The number of sulfonamides is 1. The molecule has 0 spiro atoms. The summed E-state index contributed by atoms with van der Waals surface area (Å²) in [6, 6.07) is 26.0. The van der Waals surface area contributed by atoms with Crippen molar-refractivity contribution in [2.45, 2.75) is 79.6 Å². The molecule has 2 aliphatic heterocycles. The Balaban J connectivity index is 1.01. The zero-order chi connectivity index (χ0) is 47.4. The Morgan fingerprint density at radius 2 is 1.55 bits per heavy atom. The Bertz CT molecular complexity index is 2580. The normalized spacial score (nSPS) is 18.3. The van der Waals surface area contributed by atoms with Gasteiger partial charge in [0.15, 0.2) is 0 Å². The van der Waals surface area contributed by atoms with E-state index in [2.05, 4.69) is 59.8 Å². The summed E-state index contributed by atoms with van der Waals surface area (Å²) in [5.74, 6) is 0.457. The van der Waals surface area contributed by atoms with E-state index in [1.165, 1.54) is 40.6 Å². The number of carbonyl (C=O) groups excluding carboxylic acids is 1. The van der Waals surface area contributed by atoms with Gasteiger partial charge in [-0.3, -0.25) is 9.69 Å². The van der Waals surface area contributed by atoms with E-state index < -0.39 is 47.1 Å². The van der Waals surface area contributed by atoms with E-state index in [0.29, 0.717) is 41.6 Å². The van der Waals surface area contributed by atoms with Crippen molar-refractivity contribution in [1.29, 1.82) is 0 Å². The first-order valence-electron chi connectivity index (χ1n) is 22.4. The van der Waals surface area contributed by atoms with Gasteiger partial charge in [0.1, 0.15) is 4.90 Å². The monoisotopic (exact) mass is 985 g/mol. The zero-order valence-corrected chi connectivity index (χ0v) is 41.0. The molecule has 356 valence electrons. The van der Waals surface area contributed by atoms with Crippen LogP contribution in [0, 0.1) is 17.3 Å². The first-order chi connectivity index (χ1) is 31.2. The molecule has 17 heteroatoms. The van der Waals surface area contributed by atoms with E-state index >= 15 is 0 Å². The number of carbonyl (C=O) groups is 1. The molecule has 2 heterocycles. The maximum atomic E-state index is 14.2. The highest BCUT2D eigenvalue weighted by atomic mass is 35.5. The van der Waals surface area contributed by atoms with Gasteiger partial charge in [-0.05, 0) is 121 Å². The molecular formula is C49H59ClF3N5O5S3. The Morgan fingerprint density at radius 3 is 2.18 bits per heavy atom. The highest BCUT2D eigenvalue weighted by molar-refractivity contribution is 7.99. The van der Waals surface area contributed by atoms with E-state index in [1.807, 2.05) is 47.2 Å². The number of piperazine rings is 1. The predicted octanol–water partition coefficient (Wildman–Crippen LogP) is 10.1. The molecule has 2 fully saturated rings. The van der Waals surface area contributed by atoms with Crippen LogP contribution in [0.15, 0.2) is 117 Å². The lowest BCUT2D eigenvalue weighted by molar-refractivity contribution is -0.0435. The number of hydrogen-bond donors (Lipinski definition) is 2. The largest absolute Gasteiger partial charge is 0.501 e. The summed E-state index contributed by atoms with van der Waals surface area (Å²) in [5.41, 5.74) is -0.966. The molecule has 66 heavy (non-hydrogen) atoms. The molecular weight excluding hydrogens is 927 g/mol. The predicted molar refractivity (Wildman–Crippen MR) is 259 cm³/mol. The van der Waals surface area contributed by atoms with Gasteiger partial charge in [-0.1, -0.05) is 75.2 Å². The maximum absolute atomic E-state index is 14.2. The number of anilines is 2. The summed E-state index contributed by atoms with van der Waals surface area (Å²) in [4.78, 5) is 19.2. The van der Waals surface area contributed by atoms with Gasteiger partial charge in [-0.25, -0.2) is 21.6 Å². The summed E-state index contributed by atoms with van der Waals surface area (Å²) in [6.07, 6.45) is 3.65. The quantitative estimate of drug-likeness (QED) is 0.0991. The minimum atomic E-state index is -6.04. The lowest BCUT2D eigenvalue weighted by Crippen LogP contribution is -2.50. The Morgan fingerprint density at radius 1 is 0.879 bits per heavy atom. The Hall–Kier alpha value is -4.06. The fourth-order valence-electron chi connectivity index (χ4n) is 8.88.